The van der Waals surface area contributed by atoms with E-state index < -0.39 is 0 Å². The first-order valence-corrected chi connectivity index (χ1v) is 9.98. The number of oxazole rings is 1. The van der Waals surface area contributed by atoms with Gasteiger partial charge in [-0.3, -0.25) is 4.79 Å². The summed E-state index contributed by atoms with van der Waals surface area (Å²) in [6.07, 6.45) is 5.08. The van der Waals surface area contributed by atoms with Crippen molar-refractivity contribution in [3.05, 3.63) is 70.2 Å². The standard InChI is InChI=1S/C21H22ClN5O2/c1-13-10-17(26-21(23)25-13)20(28)27-9-3-2-4-18(27)19-24-12-16(29-19)11-14-5-7-15(22)8-6-14/h5-8,10,12,18H,2-4,9,11H2,1H3,(H2,23,25,26). The molecule has 1 saturated heterocycles. The van der Waals surface area contributed by atoms with Gasteiger partial charge in [0.15, 0.2) is 0 Å². The molecule has 8 heteroatoms. The molecule has 2 N–H and O–H groups in total. The quantitative estimate of drug-likeness (QED) is 0.697. The van der Waals surface area contributed by atoms with Crippen LogP contribution in [0.1, 0.15) is 58.7 Å². The zero-order valence-corrected chi connectivity index (χ0v) is 16.9. The van der Waals surface area contributed by atoms with Crippen LogP contribution in [0.5, 0.6) is 0 Å². The molecule has 2 aromatic heterocycles. The number of anilines is 1. The molecule has 3 aromatic rings. The molecule has 1 unspecified atom stereocenters. The monoisotopic (exact) mass is 411 g/mol. The molecule has 0 saturated carbocycles. The summed E-state index contributed by atoms with van der Waals surface area (Å²) in [7, 11) is 0. The van der Waals surface area contributed by atoms with Crippen LogP contribution in [0.15, 0.2) is 40.9 Å². The van der Waals surface area contributed by atoms with Crippen molar-refractivity contribution in [2.45, 2.75) is 38.6 Å². The van der Waals surface area contributed by atoms with E-state index in [4.69, 9.17) is 21.8 Å². The molecule has 1 atom stereocenters. The first-order chi connectivity index (χ1) is 14.0. The van der Waals surface area contributed by atoms with E-state index in [0.29, 0.717) is 35.3 Å². The van der Waals surface area contributed by atoms with E-state index in [-0.39, 0.29) is 17.9 Å². The van der Waals surface area contributed by atoms with Gasteiger partial charge in [-0.1, -0.05) is 23.7 Å². The van der Waals surface area contributed by atoms with Gasteiger partial charge in [-0.15, -0.1) is 0 Å². The van der Waals surface area contributed by atoms with E-state index in [1.54, 1.807) is 24.1 Å². The smallest absolute Gasteiger partial charge is 0.273 e. The fourth-order valence-electron chi connectivity index (χ4n) is 3.64. The van der Waals surface area contributed by atoms with Crippen LogP contribution in [0.4, 0.5) is 5.95 Å². The molecule has 150 valence electrons. The molecule has 0 spiro atoms. The topological polar surface area (TPSA) is 98.1 Å². The molecule has 1 aliphatic heterocycles. The van der Waals surface area contributed by atoms with Gasteiger partial charge in [-0.05, 0) is 49.9 Å². The van der Waals surface area contributed by atoms with Crippen LogP contribution < -0.4 is 5.73 Å². The molecule has 0 bridgehead atoms. The maximum Gasteiger partial charge on any atom is 0.273 e. The lowest BCUT2D eigenvalue weighted by Crippen LogP contribution is -2.39. The molecule has 1 amide bonds. The summed E-state index contributed by atoms with van der Waals surface area (Å²) in [6, 6.07) is 9.07. The minimum Gasteiger partial charge on any atom is -0.443 e. The van der Waals surface area contributed by atoms with Crippen molar-refractivity contribution in [3.8, 4) is 0 Å². The molecule has 1 fully saturated rings. The Labute approximate surface area is 173 Å². The molecule has 0 aliphatic carbocycles. The third-order valence-electron chi connectivity index (χ3n) is 5.00. The third-order valence-corrected chi connectivity index (χ3v) is 5.25. The highest BCUT2D eigenvalue weighted by Gasteiger charge is 2.32. The summed E-state index contributed by atoms with van der Waals surface area (Å²) in [5, 5.41) is 0.698. The van der Waals surface area contributed by atoms with E-state index in [9.17, 15) is 4.79 Å². The maximum atomic E-state index is 13.1. The number of benzene rings is 1. The number of piperidine rings is 1. The highest BCUT2D eigenvalue weighted by molar-refractivity contribution is 6.30. The summed E-state index contributed by atoms with van der Waals surface area (Å²) < 4.78 is 6.03. The zero-order chi connectivity index (χ0) is 20.4. The Balaban J connectivity index is 1.55. The lowest BCUT2D eigenvalue weighted by atomic mass is 10.0. The number of carbonyl (C=O) groups is 1. The number of hydrogen-bond donors (Lipinski definition) is 1. The number of likely N-dealkylation sites (tertiary alicyclic amines) is 1. The van der Waals surface area contributed by atoms with Gasteiger partial charge in [0, 0.05) is 23.7 Å². The van der Waals surface area contributed by atoms with E-state index in [1.165, 1.54) is 0 Å². The molecule has 0 radical (unpaired) electrons. The predicted molar refractivity (Wildman–Crippen MR) is 110 cm³/mol. The fourth-order valence-corrected chi connectivity index (χ4v) is 3.77. The lowest BCUT2D eigenvalue weighted by molar-refractivity contribution is 0.0564. The normalized spacial score (nSPS) is 16.8. The van der Waals surface area contributed by atoms with Crippen molar-refractivity contribution >= 4 is 23.5 Å². The summed E-state index contributed by atoms with van der Waals surface area (Å²) >= 11 is 5.95. The van der Waals surface area contributed by atoms with Crippen molar-refractivity contribution in [1.82, 2.24) is 19.9 Å². The molecular weight excluding hydrogens is 390 g/mol. The summed E-state index contributed by atoms with van der Waals surface area (Å²) in [5.74, 6) is 1.23. The summed E-state index contributed by atoms with van der Waals surface area (Å²) in [5.41, 5.74) is 7.77. The van der Waals surface area contributed by atoms with E-state index in [1.807, 2.05) is 24.3 Å². The largest absolute Gasteiger partial charge is 0.443 e. The van der Waals surface area contributed by atoms with Gasteiger partial charge in [0.1, 0.15) is 17.5 Å². The average molecular weight is 412 g/mol. The molecule has 7 nitrogen and oxygen atoms in total. The Morgan fingerprint density at radius 1 is 1.28 bits per heavy atom. The molecule has 1 aromatic carbocycles. The van der Waals surface area contributed by atoms with Gasteiger partial charge in [0.05, 0.1) is 6.20 Å². The van der Waals surface area contributed by atoms with Gasteiger partial charge in [0.2, 0.25) is 11.8 Å². The second-order valence-electron chi connectivity index (χ2n) is 7.23. The Bertz CT molecular complexity index is 998. The van der Waals surface area contributed by atoms with Crippen LogP contribution in [-0.4, -0.2) is 32.3 Å². The first kappa shape index (κ1) is 19.4. The van der Waals surface area contributed by atoms with Crippen LogP contribution >= 0.6 is 11.6 Å². The number of halogens is 1. The van der Waals surface area contributed by atoms with Gasteiger partial charge >= 0.3 is 0 Å². The Morgan fingerprint density at radius 3 is 2.83 bits per heavy atom. The number of nitrogens with zero attached hydrogens (tertiary/aromatic N) is 4. The lowest BCUT2D eigenvalue weighted by Gasteiger charge is -2.33. The first-order valence-electron chi connectivity index (χ1n) is 9.61. The molecule has 1 aliphatic rings. The highest BCUT2D eigenvalue weighted by Crippen LogP contribution is 2.32. The molecular formula is C21H22ClN5O2. The van der Waals surface area contributed by atoms with Crippen molar-refractivity contribution in [3.63, 3.8) is 0 Å². The van der Waals surface area contributed by atoms with E-state index in [2.05, 4.69) is 15.0 Å². The SMILES string of the molecule is Cc1cc(C(=O)N2CCCCC2c2ncc(Cc3ccc(Cl)cc3)o2)nc(N)n1. The minimum atomic E-state index is -0.216. The minimum absolute atomic E-state index is 0.100. The summed E-state index contributed by atoms with van der Waals surface area (Å²) in [6.45, 7) is 2.42. The molecule has 4 rings (SSSR count). The second-order valence-corrected chi connectivity index (χ2v) is 7.67. The number of nitrogen functional groups attached to an aromatic ring is 1. The fraction of sp³-hybridized carbons (Fsp3) is 0.333. The van der Waals surface area contributed by atoms with Crippen molar-refractivity contribution < 1.29 is 9.21 Å². The summed E-state index contributed by atoms with van der Waals surface area (Å²) in [4.78, 5) is 27.5. The Hall–Kier alpha value is -2.93. The average Bonchev–Trinajstić information content (AvgIpc) is 3.17. The number of carbonyl (C=O) groups excluding carboxylic acids is 1. The van der Waals surface area contributed by atoms with Crippen molar-refractivity contribution in [2.75, 3.05) is 12.3 Å². The van der Waals surface area contributed by atoms with Gasteiger partial charge < -0.3 is 15.1 Å². The number of rotatable bonds is 4. The van der Waals surface area contributed by atoms with Crippen LogP contribution in [0.3, 0.4) is 0 Å². The highest BCUT2D eigenvalue weighted by atomic mass is 35.5. The van der Waals surface area contributed by atoms with E-state index in [0.717, 1.165) is 30.6 Å². The number of hydrogen-bond acceptors (Lipinski definition) is 6. The second kappa shape index (κ2) is 8.21. The van der Waals surface area contributed by atoms with Crippen molar-refractivity contribution in [1.29, 1.82) is 0 Å². The number of aryl methyl sites for hydroxylation is 1. The Kier molecular flexibility index (Phi) is 5.49. The van der Waals surface area contributed by atoms with E-state index >= 15 is 0 Å². The Morgan fingerprint density at radius 2 is 2.07 bits per heavy atom. The van der Waals surface area contributed by atoms with Gasteiger partial charge in [0.25, 0.3) is 5.91 Å². The van der Waals surface area contributed by atoms with Crippen LogP contribution in [0.2, 0.25) is 5.02 Å². The van der Waals surface area contributed by atoms with Crippen LogP contribution in [-0.2, 0) is 6.42 Å². The van der Waals surface area contributed by atoms with Crippen LogP contribution in [0.25, 0.3) is 0 Å². The third kappa shape index (κ3) is 4.40. The predicted octanol–water partition coefficient (Wildman–Crippen LogP) is 3.97. The van der Waals surface area contributed by atoms with Gasteiger partial charge in [-0.2, -0.15) is 0 Å². The molecule has 29 heavy (non-hydrogen) atoms. The van der Waals surface area contributed by atoms with Gasteiger partial charge in [-0.25, -0.2) is 15.0 Å². The number of nitrogens with two attached hydrogens (primary N) is 1. The molecule has 3 heterocycles. The maximum absolute atomic E-state index is 13.1. The van der Waals surface area contributed by atoms with Crippen molar-refractivity contribution in [2.24, 2.45) is 0 Å². The van der Waals surface area contributed by atoms with Crippen LogP contribution in [0, 0.1) is 6.92 Å². The number of amides is 1. The number of aromatic nitrogens is 3. The zero-order valence-electron chi connectivity index (χ0n) is 16.1.